The number of sulfonamides is 1. The predicted octanol–water partition coefficient (Wildman–Crippen LogP) is 2.86. The van der Waals surface area contributed by atoms with Crippen LogP contribution in [0.5, 0.6) is 5.75 Å². The molecule has 1 N–H and O–H groups in total. The molecule has 0 unspecified atom stereocenters. The van der Waals surface area contributed by atoms with Crippen LogP contribution in [0.4, 0.5) is 0 Å². The quantitative estimate of drug-likeness (QED) is 0.783. The maximum Gasteiger partial charge on any atom is 0.261 e. The number of carbonyl (C=O) groups is 1. The SMILES string of the molecule is CCOc1ccccc1CNC(=O)c1ccc(S(=O)(=O)N2CCCC2)s1. The number of hydrogen-bond acceptors (Lipinski definition) is 5. The fourth-order valence-corrected chi connectivity index (χ4v) is 5.74. The zero-order chi connectivity index (χ0) is 18.6. The molecule has 0 saturated carbocycles. The third-order valence-electron chi connectivity index (χ3n) is 4.18. The molecule has 1 saturated heterocycles. The zero-order valence-corrected chi connectivity index (χ0v) is 16.2. The van der Waals surface area contributed by atoms with Crippen molar-refractivity contribution in [3.63, 3.8) is 0 Å². The minimum absolute atomic E-state index is 0.222. The number of amides is 1. The second-order valence-electron chi connectivity index (χ2n) is 5.95. The van der Waals surface area contributed by atoms with Crippen molar-refractivity contribution < 1.29 is 17.9 Å². The Bertz CT molecular complexity index is 871. The molecule has 2 aromatic rings. The Morgan fingerprint density at radius 1 is 1.19 bits per heavy atom. The van der Waals surface area contributed by atoms with Gasteiger partial charge in [0.15, 0.2) is 0 Å². The standard InChI is InChI=1S/C18H22N2O4S2/c1-2-24-15-8-4-3-7-14(15)13-19-18(21)16-9-10-17(25-16)26(22,23)20-11-5-6-12-20/h3-4,7-10H,2,5-6,11-13H2,1H3,(H,19,21). The van der Waals surface area contributed by atoms with Gasteiger partial charge in [-0.15, -0.1) is 11.3 Å². The first kappa shape index (κ1) is 18.9. The van der Waals surface area contributed by atoms with Crippen LogP contribution in [0.2, 0.25) is 0 Å². The van der Waals surface area contributed by atoms with E-state index in [9.17, 15) is 13.2 Å². The molecule has 0 radical (unpaired) electrons. The number of thiophene rings is 1. The molecule has 2 heterocycles. The van der Waals surface area contributed by atoms with Crippen LogP contribution in [0, 0.1) is 0 Å². The molecular weight excluding hydrogens is 372 g/mol. The van der Waals surface area contributed by atoms with Gasteiger partial charge in [0.1, 0.15) is 9.96 Å². The Balaban J connectivity index is 1.67. The lowest BCUT2D eigenvalue weighted by Gasteiger charge is -2.13. The molecule has 3 rings (SSSR count). The molecule has 1 aliphatic rings. The van der Waals surface area contributed by atoms with Crippen molar-refractivity contribution in [1.82, 2.24) is 9.62 Å². The van der Waals surface area contributed by atoms with Crippen molar-refractivity contribution >= 4 is 27.3 Å². The second kappa shape index (κ2) is 8.20. The van der Waals surface area contributed by atoms with Crippen molar-refractivity contribution in [1.29, 1.82) is 0 Å². The molecule has 140 valence electrons. The lowest BCUT2D eigenvalue weighted by atomic mass is 10.2. The van der Waals surface area contributed by atoms with Crippen molar-refractivity contribution in [3.8, 4) is 5.75 Å². The third kappa shape index (κ3) is 4.08. The van der Waals surface area contributed by atoms with Gasteiger partial charge in [-0.05, 0) is 38.0 Å². The second-order valence-corrected chi connectivity index (χ2v) is 9.20. The van der Waals surface area contributed by atoms with Gasteiger partial charge < -0.3 is 10.1 Å². The van der Waals surface area contributed by atoms with Crippen LogP contribution in [0.25, 0.3) is 0 Å². The summed E-state index contributed by atoms with van der Waals surface area (Å²) in [5, 5.41) is 2.83. The van der Waals surface area contributed by atoms with E-state index < -0.39 is 10.0 Å². The highest BCUT2D eigenvalue weighted by Gasteiger charge is 2.29. The normalized spacial score (nSPS) is 15.1. The lowest BCUT2D eigenvalue weighted by molar-refractivity contribution is 0.0954. The van der Waals surface area contributed by atoms with Crippen molar-refractivity contribution in [2.24, 2.45) is 0 Å². The number of nitrogens with zero attached hydrogens (tertiary/aromatic N) is 1. The van der Waals surface area contributed by atoms with E-state index in [-0.39, 0.29) is 10.1 Å². The number of carbonyl (C=O) groups excluding carboxylic acids is 1. The fraction of sp³-hybridized carbons (Fsp3) is 0.389. The number of rotatable bonds is 7. The van der Waals surface area contributed by atoms with Crippen LogP contribution in [0.3, 0.4) is 0 Å². The van der Waals surface area contributed by atoms with Crippen LogP contribution in [-0.2, 0) is 16.6 Å². The van der Waals surface area contributed by atoms with Gasteiger partial charge in [0.2, 0.25) is 0 Å². The summed E-state index contributed by atoms with van der Waals surface area (Å²) in [7, 11) is -3.48. The summed E-state index contributed by atoms with van der Waals surface area (Å²) in [5.74, 6) is 0.447. The molecule has 6 nitrogen and oxygen atoms in total. The van der Waals surface area contributed by atoms with Gasteiger partial charge in [-0.25, -0.2) is 8.42 Å². The summed E-state index contributed by atoms with van der Waals surface area (Å²) >= 11 is 1.01. The molecule has 8 heteroatoms. The summed E-state index contributed by atoms with van der Waals surface area (Å²) < 4.78 is 32.4. The van der Waals surface area contributed by atoms with E-state index >= 15 is 0 Å². The lowest BCUT2D eigenvalue weighted by Crippen LogP contribution is -2.27. The van der Waals surface area contributed by atoms with E-state index in [0.29, 0.717) is 31.1 Å². The zero-order valence-electron chi connectivity index (χ0n) is 14.6. The highest BCUT2D eigenvalue weighted by atomic mass is 32.2. The Hall–Kier alpha value is -1.90. The molecule has 0 bridgehead atoms. The summed E-state index contributed by atoms with van der Waals surface area (Å²) in [4.78, 5) is 12.8. The summed E-state index contributed by atoms with van der Waals surface area (Å²) in [6.07, 6.45) is 1.77. The van der Waals surface area contributed by atoms with Gasteiger partial charge in [0.25, 0.3) is 15.9 Å². The number of ether oxygens (including phenoxy) is 1. The first-order valence-electron chi connectivity index (χ1n) is 8.61. The van der Waals surface area contributed by atoms with E-state index in [4.69, 9.17) is 4.74 Å². The van der Waals surface area contributed by atoms with Gasteiger partial charge in [-0.2, -0.15) is 4.31 Å². The minimum Gasteiger partial charge on any atom is -0.494 e. The molecule has 0 aliphatic carbocycles. The average Bonchev–Trinajstić information content (AvgIpc) is 3.33. The highest BCUT2D eigenvalue weighted by molar-refractivity contribution is 7.91. The number of para-hydroxylation sites is 1. The van der Waals surface area contributed by atoms with Gasteiger partial charge in [-0.1, -0.05) is 18.2 Å². The molecule has 1 aromatic carbocycles. The average molecular weight is 395 g/mol. The van der Waals surface area contributed by atoms with E-state index in [1.807, 2.05) is 31.2 Å². The molecule has 0 spiro atoms. The summed E-state index contributed by atoms with van der Waals surface area (Å²) in [6.45, 7) is 3.88. The first-order valence-corrected chi connectivity index (χ1v) is 10.9. The van der Waals surface area contributed by atoms with Crippen LogP contribution < -0.4 is 10.1 Å². The van der Waals surface area contributed by atoms with E-state index in [1.54, 1.807) is 6.07 Å². The van der Waals surface area contributed by atoms with Crippen molar-refractivity contribution in [3.05, 3.63) is 46.8 Å². The Morgan fingerprint density at radius 3 is 2.65 bits per heavy atom. The van der Waals surface area contributed by atoms with Crippen LogP contribution in [0.1, 0.15) is 35.0 Å². The maximum absolute atomic E-state index is 12.6. The Kier molecular flexibility index (Phi) is 5.95. The molecule has 1 fully saturated rings. The fourth-order valence-electron chi connectivity index (χ4n) is 2.85. The largest absolute Gasteiger partial charge is 0.494 e. The summed E-state index contributed by atoms with van der Waals surface area (Å²) in [6, 6.07) is 10.6. The van der Waals surface area contributed by atoms with E-state index in [1.165, 1.54) is 10.4 Å². The molecule has 0 atom stereocenters. The Morgan fingerprint density at radius 2 is 1.92 bits per heavy atom. The topological polar surface area (TPSA) is 75.7 Å². The van der Waals surface area contributed by atoms with Crippen molar-refractivity contribution in [2.45, 2.75) is 30.5 Å². The molecule has 1 amide bonds. The molecule has 1 aromatic heterocycles. The molecular formula is C18H22N2O4S2. The van der Waals surface area contributed by atoms with Gasteiger partial charge in [0, 0.05) is 25.2 Å². The molecule has 26 heavy (non-hydrogen) atoms. The minimum atomic E-state index is -3.48. The number of hydrogen-bond donors (Lipinski definition) is 1. The van der Waals surface area contributed by atoms with Crippen molar-refractivity contribution in [2.75, 3.05) is 19.7 Å². The first-order chi connectivity index (χ1) is 12.5. The Labute approximate surface area is 157 Å². The van der Waals surface area contributed by atoms with Crippen LogP contribution in [-0.4, -0.2) is 38.3 Å². The van der Waals surface area contributed by atoms with Gasteiger partial charge >= 0.3 is 0 Å². The third-order valence-corrected chi connectivity index (χ3v) is 7.63. The smallest absolute Gasteiger partial charge is 0.261 e. The number of benzene rings is 1. The summed E-state index contributed by atoms with van der Waals surface area (Å²) in [5.41, 5.74) is 0.879. The van der Waals surface area contributed by atoms with E-state index in [2.05, 4.69) is 5.32 Å². The van der Waals surface area contributed by atoms with Crippen LogP contribution >= 0.6 is 11.3 Å². The predicted molar refractivity (Wildman–Crippen MR) is 101 cm³/mol. The highest BCUT2D eigenvalue weighted by Crippen LogP contribution is 2.27. The monoisotopic (exact) mass is 394 g/mol. The van der Waals surface area contributed by atoms with Crippen LogP contribution in [0.15, 0.2) is 40.6 Å². The van der Waals surface area contributed by atoms with Gasteiger partial charge in [-0.3, -0.25) is 4.79 Å². The molecule has 1 aliphatic heterocycles. The van der Waals surface area contributed by atoms with E-state index in [0.717, 1.165) is 35.5 Å². The van der Waals surface area contributed by atoms with Gasteiger partial charge in [0.05, 0.1) is 11.5 Å². The number of nitrogens with one attached hydrogen (secondary N) is 1. The maximum atomic E-state index is 12.6.